The van der Waals surface area contributed by atoms with Gasteiger partial charge in [0, 0.05) is 0 Å². The first-order valence-electron chi connectivity index (χ1n) is 4.76. The molecule has 1 aromatic carbocycles. The second kappa shape index (κ2) is 5.32. The lowest BCUT2D eigenvalue weighted by molar-refractivity contribution is 0.0696. The Kier molecular flexibility index (Phi) is 3.78. The zero-order chi connectivity index (χ0) is 13.1. The zero-order valence-electron chi connectivity index (χ0n) is 8.80. The molecule has 0 aliphatic rings. The average Bonchev–Trinajstić information content (AvgIpc) is 2.34. The summed E-state index contributed by atoms with van der Waals surface area (Å²) < 4.78 is 13.5. The van der Waals surface area contributed by atoms with Crippen molar-refractivity contribution in [3.05, 3.63) is 46.9 Å². The van der Waals surface area contributed by atoms with E-state index in [1.54, 1.807) is 6.07 Å². The summed E-state index contributed by atoms with van der Waals surface area (Å²) in [6, 6.07) is 6.66. The standard InChI is InChI=1S/C11H6ClFN2O2S/c12-9-3-4-10(15-14-9)18-8-5-6(11(16)17)1-2-7(8)13/h1-5H,(H,16,17). The minimum atomic E-state index is -1.11. The Morgan fingerprint density at radius 3 is 2.67 bits per heavy atom. The maximum atomic E-state index is 13.5. The van der Waals surface area contributed by atoms with Gasteiger partial charge in [0.15, 0.2) is 5.15 Å². The Balaban J connectivity index is 2.30. The predicted octanol–water partition coefficient (Wildman–Crippen LogP) is 3.12. The van der Waals surface area contributed by atoms with Crippen molar-refractivity contribution in [1.29, 1.82) is 0 Å². The van der Waals surface area contributed by atoms with Crippen molar-refractivity contribution in [3.8, 4) is 0 Å². The van der Waals surface area contributed by atoms with Gasteiger partial charge in [-0.1, -0.05) is 23.4 Å². The quantitative estimate of drug-likeness (QED) is 0.938. The normalized spacial score (nSPS) is 10.3. The molecule has 4 nitrogen and oxygen atoms in total. The molecular weight excluding hydrogens is 279 g/mol. The summed E-state index contributed by atoms with van der Waals surface area (Å²) in [5, 5.41) is 16.9. The van der Waals surface area contributed by atoms with Crippen LogP contribution >= 0.6 is 23.4 Å². The summed E-state index contributed by atoms with van der Waals surface area (Å²) >= 11 is 6.56. The van der Waals surface area contributed by atoms with E-state index in [0.717, 1.165) is 17.8 Å². The topological polar surface area (TPSA) is 63.1 Å². The van der Waals surface area contributed by atoms with E-state index in [4.69, 9.17) is 16.7 Å². The van der Waals surface area contributed by atoms with Crippen LogP contribution in [0.2, 0.25) is 5.15 Å². The number of halogens is 2. The van der Waals surface area contributed by atoms with Crippen LogP contribution in [0.5, 0.6) is 0 Å². The van der Waals surface area contributed by atoms with Gasteiger partial charge in [0.25, 0.3) is 0 Å². The number of hydrogen-bond acceptors (Lipinski definition) is 4. The zero-order valence-corrected chi connectivity index (χ0v) is 10.4. The van der Waals surface area contributed by atoms with Gasteiger partial charge in [-0.05, 0) is 30.3 Å². The summed E-state index contributed by atoms with van der Waals surface area (Å²) in [7, 11) is 0. The van der Waals surface area contributed by atoms with Gasteiger partial charge in [0.1, 0.15) is 10.8 Å². The number of nitrogens with zero attached hydrogens (tertiary/aromatic N) is 2. The lowest BCUT2D eigenvalue weighted by atomic mass is 10.2. The fourth-order valence-electron chi connectivity index (χ4n) is 1.19. The van der Waals surface area contributed by atoms with E-state index in [2.05, 4.69) is 10.2 Å². The molecule has 0 aliphatic carbocycles. The molecule has 1 heterocycles. The average molecular weight is 285 g/mol. The third-order valence-electron chi connectivity index (χ3n) is 2.00. The van der Waals surface area contributed by atoms with Gasteiger partial charge in [-0.15, -0.1) is 10.2 Å². The van der Waals surface area contributed by atoms with Crippen LogP contribution in [0.25, 0.3) is 0 Å². The van der Waals surface area contributed by atoms with Crippen molar-refractivity contribution in [1.82, 2.24) is 10.2 Å². The Labute approximate surface area is 111 Å². The highest BCUT2D eigenvalue weighted by Gasteiger charge is 2.10. The van der Waals surface area contributed by atoms with Crippen LogP contribution in [0.1, 0.15) is 10.4 Å². The molecular formula is C11H6ClFN2O2S. The van der Waals surface area contributed by atoms with E-state index in [1.807, 2.05) is 0 Å². The predicted molar refractivity (Wildman–Crippen MR) is 64.5 cm³/mol. The van der Waals surface area contributed by atoms with Crippen LogP contribution in [0.3, 0.4) is 0 Å². The van der Waals surface area contributed by atoms with Crippen LogP contribution in [0.4, 0.5) is 4.39 Å². The molecule has 0 unspecified atom stereocenters. The van der Waals surface area contributed by atoms with E-state index in [0.29, 0.717) is 5.03 Å². The van der Waals surface area contributed by atoms with Crippen molar-refractivity contribution < 1.29 is 14.3 Å². The van der Waals surface area contributed by atoms with Crippen molar-refractivity contribution in [2.24, 2.45) is 0 Å². The van der Waals surface area contributed by atoms with Crippen LogP contribution in [-0.2, 0) is 0 Å². The third-order valence-corrected chi connectivity index (χ3v) is 3.16. The summed E-state index contributed by atoms with van der Waals surface area (Å²) in [6.07, 6.45) is 0. The van der Waals surface area contributed by atoms with Crippen LogP contribution in [0.15, 0.2) is 40.3 Å². The number of carbonyl (C=O) groups is 1. The summed E-state index contributed by atoms with van der Waals surface area (Å²) in [6.45, 7) is 0. The van der Waals surface area contributed by atoms with Crippen molar-refractivity contribution in [2.75, 3.05) is 0 Å². The number of aromatic carboxylic acids is 1. The fraction of sp³-hybridized carbons (Fsp3) is 0. The van der Waals surface area contributed by atoms with Crippen LogP contribution < -0.4 is 0 Å². The van der Waals surface area contributed by atoms with E-state index in [1.165, 1.54) is 18.2 Å². The first-order chi connectivity index (χ1) is 8.56. The van der Waals surface area contributed by atoms with Crippen LogP contribution in [-0.4, -0.2) is 21.3 Å². The molecule has 2 rings (SSSR count). The smallest absolute Gasteiger partial charge is 0.335 e. The van der Waals surface area contributed by atoms with Gasteiger partial charge in [0.2, 0.25) is 0 Å². The first-order valence-corrected chi connectivity index (χ1v) is 5.95. The Bertz CT molecular complexity index is 592. The summed E-state index contributed by atoms with van der Waals surface area (Å²) in [5.41, 5.74) is 0.0147. The molecule has 0 radical (unpaired) electrons. The SMILES string of the molecule is O=C(O)c1ccc(F)c(Sc2ccc(Cl)nn2)c1. The molecule has 7 heteroatoms. The van der Waals surface area contributed by atoms with E-state index in [-0.39, 0.29) is 15.6 Å². The van der Waals surface area contributed by atoms with Crippen LogP contribution in [0, 0.1) is 5.82 Å². The number of aromatic nitrogens is 2. The molecule has 2 aromatic rings. The molecule has 0 saturated heterocycles. The van der Waals surface area contributed by atoms with Crippen molar-refractivity contribution in [3.63, 3.8) is 0 Å². The molecule has 0 spiro atoms. The molecule has 0 fully saturated rings. The minimum absolute atomic E-state index is 0.0147. The third kappa shape index (κ3) is 2.96. The molecule has 0 saturated carbocycles. The Morgan fingerprint density at radius 2 is 2.06 bits per heavy atom. The second-order valence-electron chi connectivity index (χ2n) is 3.25. The summed E-state index contributed by atoms with van der Waals surface area (Å²) in [5.74, 6) is -1.62. The van der Waals surface area contributed by atoms with E-state index < -0.39 is 11.8 Å². The highest BCUT2D eigenvalue weighted by Crippen LogP contribution is 2.29. The molecule has 1 N–H and O–H groups in total. The monoisotopic (exact) mass is 284 g/mol. The van der Waals surface area contributed by atoms with Crippen molar-refractivity contribution in [2.45, 2.75) is 9.92 Å². The molecule has 0 bridgehead atoms. The number of rotatable bonds is 3. The molecule has 0 amide bonds. The molecule has 0 aliphatic heterocycles. The lowest BCUT2D eigenvalue weighted by Gasteiger charge is -2.03. The van der Waals surface area contributed by atoms with Crippen molar-refractivity contribution >= 4 is 29.3 Å². The van der Waals surface area contributed by atoms with Gasteiger partial charge in [-0.25, -0.2) is 9.18 Å². The minimum Gasteiger partial charge on any atom is -0.478 e. The van der Waals surface area contributed by atoms with Gasteiger partial charge >= 0.3 is 5.97 Å². The van der Waals surface area contributed by atoms with Gasteiger partial charge < -0.3 is 5.11 Å². The molecule has 18 heavy (non-hydrogen) atoms. The van der Waals surface area contributed by atoms with E-state index >= 15 is 0 Å². The maximum Gasteiger partial charge on any atom is 0.335 e. The molecule has 92 valence electrons. The number of carboxylic acid groups (broad SMARTS) is 1. The molecule has 0 atom stereocenters. The number of carboxylic acids is 1. The summed E-state index contributed by atoms with van der Waals surface area (Å²) in [4.78, 5) is 11.0. The first kappa shape index (κ1) is 12.8. The Hall–Kier alpha value is -1.66. The highest BCUT2D eigenvalue weighted by atomic mass is 35.5. The number of benzene rings is 1. The highest BCUT2D eigenvalue weighted by molar-refractivity contribution is 7.99. The lowest BCUT2D eigenvalue weighted by Crippen LogP contribution is -1.97. The maximum absolute atomic E-state index is 13.5. The van der Waals surface area contributed by atoms with Gasteiger partial charge in [0.05, 0.1) is 10.5 Å². The van der Waals surface area contributed by atoms with Gasteiger partial charge in [-0.3, -0.25) is 0 Å². The van der Waals surface area contributed by atoms with Gasteiger partial charge in [-0.2, -0.15) is 0 Å². The second-order valence-corrected chi connectivity index (χ2v) is 4.70. The number of hydrogen-bond donors (Lipinski definition) is 1. The molecule has 1 aromatic heterocycles. The van der Waals surface area contributed by atoms with E-state index in [9.17, 15) is 9.18 Å². The Morgan fingerprint density at radius 1 is 1.28 bits per heavy atom. The fourth-order valence-corrected chi connectivity index (χ4v) is 2.08. The largest absolute Gasteiger partial charge is 0.478 e.